The minimum Gasteiger partial charge on any atom is -0.457 e. The number of aryl methyl sites for hydroxylation is 1. The molecule has 0 radical (unpaired) electrons. The average Bonchev–Trinajstić information content (AvgIpc) is 3.16. The summed E-state index contributed by atoms with van der Waals surface area (Å²) in [6, 6.07) is 0. The van der Waals surface area contributed by atoms with Gasteiger partial charge in [-0.3, -0.25) is 14.4 Å². The van der Waals surface area contributed by atoms with Crippen LogP contribution in [0.5, 0.6) is 0 Å². The first-order valence-electron chi connectivity index (χ1n) is 11.3. The molecule has 1 aliphatic heterocycles. The van der Waals surface area contributed by atoms with Gasteiger partial charge in [-0.2, -0.15) is 0 Å². The maximum Gasteiger partial charge on any atom is 0.309 e. The number of aliphatic hydroxyl groups is 2. The van der Waals surface area contributed by atoms with Crippen molar-refractivity contribution in [3.63, 3.8) is 0 Å². The lowest BCUT2D eigenvalue weighted by atomic mass is 9.87. The van der Waals surface area contributed by atoms with Crippen molar-refractivity contribution in [2.75, 3.05) is 0 Å². The Labute approximate surface area is 199 Å². The van der Waals surface area contributed by atoms with E-state index in [0.29, 0.717) is 12.8 Å². The predicted molar refractivity (Wildman–Crippen MR) is 128 cm³/mol. The standard InChI is InChI=1S/C25H35NO6S/c1-14-6-8-20(27)16(3)21(28)11-22(29)17(4)23(30)12-25(31)32-24(9-7-14)15(2)10-19-13-33-18(5)26-19/h7,10,13,16-17,21,23-24,28,30H,6,8-9,11-12H2,1-5H3/b14-7-,15-10+/t16-,17?,21+,23-,24-/m0/s1. The smallest absolute Gasteiger partial charge is 0.309 e. The number of hydrogen-bond acceptors (Lipinski definition) is 8. The van der Waals surface area contributed by atoms with Crippen molar-refractivity contribution >= 4 is 34.9 Å². The summed E-state index contributed by atoms with van der Waals surface area (Å²) in [5.41, 5.74) is 2.57. The lowest BCUT2D eigenvalue weighted by Gasteiger charge is -2.23. The van der Waals surface area contributed by atoms with E-state index in [-0.39, 0.29) is 25.0 Å². The fourth-order valence-electron chi connectivity index (χ4n) is 3.61. The van der Waals surface area contributed by atoms with Crippen LogP contribution in [-0.4, -0.2) is 51.0 Å². The Morgan fingerprint density at radius 1 is 1.06 bits per heavy atom. The summed E-state index contributed by atoms with van der Waals surface area (Å²) >= 11 is 1.53. The van der Waals surface area contributed by atoms with Gasteiger partial charge in [0.1, 0.15) is 17.7 Å². The van der Waals surface area contributed by atoms with Gasteiger partial charge in [0.2, 0.25) is 0 Å². The molecule has 0 saturated heterocycles. The Morgan fingerprint density at radius 3 is 2.33 bits per heavy atom. The van der Waals surface area contributed by atoms with Crippen LogP contribution in [0.1, 0.15) is 70.5 Å². The molecule has 0 aromatic carbocycles. The SMILES string of the molecule is C/C1=C/C[C@@H](/C(C)=C/c2csc(C)n2)OC(=O)C[C@H](O)C(C)C(=O)C[C@@H](O)[C@@H](C)C(=O)CC1. The first-order chi connectivity index (χ1) is 15.5. The third-order valence-electron chi connectivity index (χ3n) is 6.20. The van der Waals surface area contributed by atoms with E-state index in [0.717, 1.165) is 21.8 Å². The van der Waals surface area contributed by atoms with Gasteiger partial charge >= 0.3 is 5.97 Å². The molecule has 1 unspecified atom stereocenters. The number of aromatic nitrogens is 1. The Bertz CT molecular complexity index is 918. The number of Topliss-reactive ketones (excluding diaryl/α,β-unsaturated/α-hetero) is 2. The zero-order valence-electron chi connectivity index (χ0n) is 20.0. The van der Waals surface area contributed by atoms with Crippen LogP contribution in [0, 0.1) is 18.8 Å². The highest BCUT2D eigenvalue weighted by Crippen LogP contribution is 2.23. The number of carbonyl (C=O) groups excluding carboxylic acids is 3. The summed E-state index contributed by atoms with van der Waals surface area (Å²) in [7, 11) is 0. The van der Waals surface area contributed by atoms with Crippen LogP contribution in [0.2, 0.25) is 0 Å². The summed E-state index contributed by atoms with van der Waals surface area (Å²) in [5, 5.41) is 23.6. The highest BCUT2D eigenvalue weighted by Gasteiger charge is 2.30. The highest BCUT2D eigenvalue weighted by molar-refractivity contribution is 7.09. The van der Waals surface area contributed by atoms with Gasteiger partial charge in [-0.15, -0.1) is 11.3 Å². The first-order valence-corrected chi connectivity index (χ1v) is 12.2. The van der Waals surface area contributed by atoms with Gasteiger partial charge in [0.05, 0.1) is 29.3 Å². The number of ketones is 2. The van der Waals surface area contributed by atoms with Crippen LogP contribution in [0.3, 0.4) is 0 Å². The average molecular weight is 478 g/mol. The van der Waals surface area contributed by atoms with E-state index in [4.69, 9.17) is 4.74 Å². The summed E-state index contributed by atoms with van der Waals surface area (Å²) in [4.78, 5) is 42.0. The van der Waals surface area contributed by atoms with Gasteiger partial charge in [-0.05, 0) is 38.8 Å². The largest absolute Gasteiger partial charge is 0.457 e. The first kappa shape index (κ1) is 27.1. The lowest BCUT2D eigenvalue weighted by molar-refractivity contribution is -0.150. The van der Waals surface area contributed by atoms with Crippen LogP contribution in [-0.2, 0) is 19.1 Å². The maximum absolute atomic E-state index is 12.6. The molecule has 5 atom stereocenters. The van der Waals surface area contributed by atoms with Crippen molar-refractivity contribution in [2.24, 2.45) is 11.8 Å². The second kappa shape index (κ2) is 12.3. The number of hydrogen-bond donors (Lipinski definition) is 2. The quantitative estimate of drug-likeness (QED) is 0.492. The zero-order chi connectivity index (χ0) is 24.7. The minimum atomic E-state index is -1.24. The fraction of sp³-hybridized carbons (Fsp3) is 0.600. The van der Waals surface area contributed by atoms with Crippen molar-refractivity contribution in [3.8, 4) is 0 Å². The van der Waals surface area contributed by atoms with Crippen molar-refractivity contribution in [3.05, 3.63) is 33.3 Å². The molecular formula is C25H35NO6S. The molecule has 33 heavy (non-hydrogen) atoms. The van der Waals surface area contributed by atoms with Crippen molar-refractivity contribution in [1.82, 2.24) is 4.98 Å². The number of carbonyl (C=O) groups is 3. The predicted octanol–water partition coefficient (Wildman–Crippen LogP) is 3.81. The van der Waals surface area contributed by atoms with Crippen LogP contribution in [0.15, 0.2) is 22.6 Å². The van der Waals surface area contributed by atoms with Crippen molar-refractivity contribution in [1.29, 1.82) is 0 Å². The molecule has 182 valence electrons. The van der Waals surface area contributed by atoms with Gasteiger partial charge in [-0.1, -0.05) is 25.5 Å². The highest BCUT2D eigenvalue weighted by atomic mass is 32.1. The number of esters is 1. The second-order valence-electron chi connectivity index (χ2n) is 9.00. The third kappa shape index (κ3) is 8.28. The third-order valence-corrected chi connectivity index (χ3v) is 6.99. The summed E-state index contributed by atoms with van der Waals surface area (Å²) in [5.74, 6) is -2.64. The Balaban J connectivity index is 2.29. The van der Waals surface area contributed by atoms with Crippen molar-refractivity contribution in [2.45, 2.75) is 85.0 Å². The molecule has 0 amide bonds. The number of aliphatic hydroxyl groups excluding tert-OH is 2. The Kier molecular flexibility index (Phi) is 10.1. The molecule has 1 aromatic heterocycles. The number of ether oxygens (including phenoxy) is 1. The lowest BCUT2D eigenvalue weighted by Crippen LogP contribution is -2.34. The van der Waals surface area contributed by atoms with Gasteiger partial charge < -0.3 is 14.9 Å². The molecular weight excluding hydrogens is 442 g/mol. The van der Waals surface area contributed by atoms with E-state index in [9.17, 15) is 24.6 Å². The Hall–Kier alpha value is -2.16. The van der Waals surface area contributed by atoms with Gasteiger partial charge in [-0.25, -0.2) is 4.98 Å². The van der Waals surface area contributed by atoms with E-state index in [2.05, 4.69) is 4.98 Å². The number of thiazole rings is 1. The Morgan fingerprint density at radius 2 is 1.70 bits per heavy atom. The molecule has 2 heterocycles. The second-order valence-corrected chi connectivity index (χ2v) is 10.1. The van der Waals surface area contributed by atoms with Gasteiger partial charge in [0.15, 0.2) is 0 Å². The summed E-state index contributed by atoms with van der Waals surface area (Å²) in [6.07, 6.45) is 1.53. The molecule has 7 nitrogen and oxygen atoms in total. The normalized spacial score (nSPS) is 31.1. The fourth-order valence-corrected chi connectivity index (χ4v) is 4.18. The molecule has 0 bridgehead atoms. The van der Waals surface area contributed by atoms with E-state index >= 15 is 0 Å². The van der Waals surface area contributed by atoms with Crippen LogP contribution < -0.4 is 0 Å². The topological polar surface area (TPSA) is 114 Å². The molecule has 0 aliphatic carbocycles. The molecule has 0 saturated carbocycles. The molecule has 0 spiro atoms. The van der Waals surface area contributed by atoms with Crippen LogP contribution >= 0.6 is 11.3 Å². The minimum absolute atomic E-state index is 0.110. The maximum atomic E-state index is 12.6. The van der Waals surface area contributed by atoms with E-state index in [1.54, 1.807) is 6.92 Å². The van der Waals surface area contributed by atoms with Crippen molar-refractivity contribution < 1.29 is 29.3 Å². The number of cyclic esters (lactones) is 1. The zero-order valence-corrected chi connectivity index (χ0v) is 20.9. The van der Waals surface area contributed by atoms with E-state index in [1.165, 1.54) is 18.3 Å². The van der Waals surface area contributed by atoms with Gasteiger partial charge in [0, 0.05) is 36.5 Å². The van der Waals surface area contributed by atoms with Crippen LogP contribution in [0.4, 0.5) is 0 Å². The molecule has 1 aliphatic rings. The number of allylic oxidation sites excluding steroid dienone is 1. The molecule has 8 heteroatoms. The van der Waals surface area contributed by atoms with E-state index < -0.39 is 41.9 Å². The van der Waals surface area contributed by atoms with E-state index in [1.807, 2.05) is 38.3 Å². The summed E-state index contributed by atoms with van der Waals surface area (Å²) in [6.45, 7) is 8.82. The monoisotopic (exact) mass is 477 g/mol. The summed E-state index contributed by atoms with van der Waals surface area (Å²) < 4.78 is 5.69. The van der Waals surface area contributed by atoms with Crippen LogP contribution in [0.25, 0.3) is 6.08 Å². The molecule has 2 rings (SSSR count). The number of rotatable bonds is 2. The number of nitrogens with zero attached hydrogens (tertiary/aromatic N) is 1. The van der Waals surface area contributed by atoms with Gasteiger partial charge in [0.25, 0.3) is 0 Å². The molecule has 2 N–H and O–H groups in total. The molecule has 0 fully saturated rings. The molecule has 1 aromatic rings.